The van der Waals surface area contributed by atoms with Crippen LogP contribution < -0.4 is 11.5 Å². The van der Waals surface area contributed by atoms with Crippen LogP contribution in [0.4, 0.5) is 0 Å². The summed E-state index contributed by atoms with van der Waals surface area (Å²) >= 11 is -1.07. The van der Waals surface area contributed by atoms with E-state index in [4.69, 9.17) is 28.1 Å². The van der Waals surface area contributed by atoms with Gasteiger partial charge in [-0.25, -0.2) is 0 Å². The first-order valence-electron chi connectivity index (χ1n) is 1.85. The zero-order valence-corrected chi connectivity index (χ0v) is 9.58. The van der Waals surface area contributed by atoms with Crippen LogP contribution in [-0.4, -0.2) is 13.1 Å². The van der Waals surface area contributed by atoms with Crippen LogP contribution in [0.5, 0.6) is 0 Å². The Kier molecular flexibility index (Phi) is 25.2. The van der Waals surface area contributed by atoms with Gasteiger partial charge >= 0.3 is 38.4 Å². The molecule has 0 radical (unpaired) electrons. The summed E-state index contributed by atoms with van der Waals surface area (Å²) in [7, 11) is 9.95. The molecule has 0 rings (SSSR count). The summed E-state index contributed by atoms with van der Waals surface area (Å²) in [5, 5.41) is 0. The van der Waals surface area contributed by atoms with Crippen LogP contribution >= 0.6 is 16.6 Å². The van der Waals surface area contributed by atoms with Gasteiger partial charge in [0.15, 0.2) is 0 Å². The fourth-order valence-corrected chi connectivity index (χ4v) is 0. The Hall–Kier alpha value is 1.42. The third-order valence-electron chi connectivity index (χ3n) is 0.167. The third kappa shape index (κ3) is 37.2. The Morgan fingerprint density at radius 2 is 1.29 bits per heavy atom. The van der Waals surface area contributed by atoms with Gasteiger partial charge in [0, 0.05) is 13.1 Å². The number of hydrogen-bond donors (Lipinski definition) is 2. The van der Waals surface area contributed by atoms with Crippen LogP contribution in [0.3, 0.4) is 0 Å². The van der Waals surface area contributed by atoms with Gasteiger partial charge in [-0.3, -0.25) is 0 Å². The molecule has 0 atom stereocenters. The number of hydrogen-bond acceptors (Lipinski definition) is 2. The van der Waals surface area contributed by atoms with E-state index in [1.807, 2.05) is 0 Å². The van der Waals surface area contributed by atoms with Gasteiger partial charge in [0.2, 0.25) is 0 Å². The molecule has 5 heteroatoms. The molecule has 0 saturated heterocycles. The van der Waals surface area contributed by atoms with Crippen LogP contribution in [0.25, 0.3) is 0 Å². The Labute approximate surface area is 62.7 Å². The summed E-state index contributed by atoms with van der Waals surface area (Å²) in [5.74, 6) is 0. The molecule has 42 valence electrons. The minimum atomic E-state index is -1.07. The quantitative estimate of drug-likeness (QED) is 0.650. The van der Waals surface area contributed by atoms with Crippen molar-refractivity contribution in [1.82, 2.24) is 0 Å². The van der Waals surface area contributed by atoms with E-state index < -0.39 is 21.8 Å². The molecule has 0 aliphatic heterocycles. The molecule has 7 heavy (non-hydrogen) atoms. The van der Waals surface area contributed by atoms with Gasteiger partial charge in [-0.15, -0.1) is 0 Å². The second-order valence-corrected chi connectivity index (χ2v) is 6.68. The molecule has 0 heterocycles. The zero-order valence-electron chi connectivity index (χ0n) is 4.03. The van der Waals surface area contributed by atoms with E-state index in [1.165, 1.54) is 0 Å². The molecule has 0 spiro atoms. The average molecular weight is 243 g/mol. The molecule has 0 aromatic heterocycles. The van der Waals surface area contributed by atoms with E-state index >= 15 is 0 Å². The van der Waals surface area contributed by atoms with Crippen molar-refractivity contribution in [1.29, 1.82) is 0 Å². The summed E-state index contributed by atoms with van der Waals surface area (Å²) in [6.45, 7) is 1.19. The molecular formula is C2H8CdCl2N2. The molecule has 0 fully saturated rings. The third-order valence-corrected chi connectivity index (χ3v) is 0.167. The Morgan fingerprint density at radius 3 is 1.29 bits per heavy atom. The predicted octanol–water partition coefficient (Wildman–Crippen LogP) is 0.280. The maximum atomic E-state index is 4.97. The zero-order chi connectivity index (χ0) is 6.12. The van der Waals surface area contributed by atoms with Crippen molar-refractivity contribution < 1.29 is 21.8 Å². The topological polar surface area (TPSA) is 52.0 Å². The molecule has 4 N–H and O–H groups in total. The van der Waals surface area contributed by atoms with E-state index in [9.17, 15) is 0 Å². The first-order valence-corrected chi connectivity index (χ1v) is 12.1. The molecule has 0 bridgehead atoms. The molecule has 0 saturated carbocycles. The summed E-state index contributed by atoms with van der Waals surface area (Å²) in [5.41, 5.74) is 9.81. The second kappa shape index (κ2) is 15.7. The van der Waals surface area contributed by atoms with E-state index in [0.717, 1.165) is 0 Å². The molecule has 0 aliphatic carbocycles. The first kappa shape index (κ1) is 11.2. The fraction of sp³-hybridized carbons (Fsp3) is 1.00. The van der Waals surface area contributed by atoms with Crippen molar-refractivity contribution >= 4 is 16.6 Å². The first-order chi connectivity index (χ1) is 3.33. The molecular weight excluding hydrogens is 235 g/mol. The Balaban J connectivity index is 0. The number of rotatable bonds is 1. The van der Waals surface area contributed by atoms with Gasteiger partial charge in [0.05, 0.1) is 0 Å². The predicted molar refractivity (Wildman–Crippen MR) is 29.8 cm³/mol. The monoisotopic (exact) mass is 244 g/mol. The summed E-state index contributed by atoms with van der Waals surface area (Å²) in [4.78, 5) is 0. The molecule has 0 aromatic rings. The molecule has 0 amide bonds. The molecule has 0 aliphatic rings. The van der Waals surface area contributed by atoms with Crippen LogP contribution in [-0.2, 0) is 21.8 Å². The Bertz CT molecular complexity index is 21.2. The van der Waals surface area contributed by atoms with Gasteiger partial charge < -0.3 is 11.5 Å². The molecule has 0 unspecified atom stereocenters. The number of halogens is 2. The molecule has 0 aromatic carbocycles. The van der Waals surface area contributed by atoms with Gasteiger partial charge in [-0.05, 0) is 0 Å². The normalized spacial score (nSPS) is 5.71. The summed E-state index contributed by atoms with van der Waals surface area (Å²) in [6, 6.07) is 0. The maximum absolute atomic E-state index is 4.97. The summed E-state index contributed by atoms with van der Waals surface area (Å²) < 4.78 is 0. The Morgan fingerprint density at radius 1 is 1.14 bits per heavy atom. The van der Waals surface area contributed by atoms with Crippen molar-refractivity contribution in [3.63, 3.8) is 0 Å². The minimum absolute atomic E-state index is 0.597. The second-order valence-electron chi connectivity index (χ2n) is 0.678. The van der Waals surface area contributed by atoms with Crippen LogP contribution in [0.2, 0.25) is 0 Å². The van der Waals surface area contributed by atoms with Gasteiger partial charge in [0.25, 0.3) is 0 Å². The number of nitrogens with two attached hydrogens (primary N) is 2. The van der Waals surface area contributed by atoms with Crippen LogP contribution in [0.1, 0.15) is 0 Å². The van der Waals surface area contributed by atoms with Gasteiger partial charge in [-0.1, -0.05) is 0 Å². The van der Waals surface area contributed by atoms with Crippen LogP contribution in [0, 0.1) is 0 Å². The van der Waals surface area contributed by atoms with Crippen LogP contribution in [0.15, 0.2) is 0 Å². The molecule has 2 nitrogen and oxygen atoms in total. The van der Waals surface area contributed by atoms with Crippen molar-refractivity contribution in [2.75, 3.05) is 13.1 Å². The van der Waals surface area contributed by atoms with Crippen molar-refractivity contribution in [3.05, 3.63) is 0 Å². The average Bonchev–Trinajstić information content (AvgIpc) is 1.69. The van der Waals surface area contributed by atoms with E-state index in [1.54, 1.807) is 0 Å². The SMILES string of the molecule is NCCN.[Cl][Cd][Cl]. The van der Waals surface area contributed by atoms with Gasteiger partial charge in [-0.2, -0.15) is 0 Å². The van der Waals surface area contributed by atoms with Gasteiger partial charge in [0.1, 0.15) is 0 Å². The fourth-order valence-electron chi connectivity index (χ4n) is 0. The van der Waals surface area contributed by atoms with Crippen molar-refractivity contribution in [2.45, 2.75) is 0 Å². The van der Waals surface area contributed by atoms with Crippen molar-refractivity contribution in [3.8, 4) is 0 Å². The standard InChI is InChI=1S/C2H8N2.Cd.2ClH/c3-1-2-4;;;/h1-4H2;;2*1H/q;+2;;/p-2. The van der Waals surface area contributed by atoms with Crippen molar-refractivity contribution in [2.24, 2.45) is 11.5 Å². The van der Waals surface area contributed by atoms with E-state index in [0.29, 0.717) is 13.1 Å². The van der Waals surface area contributed by atoms with E-state index in [-0.39, 0.29) is 0 Å². The summed E-state index contributed by atoms with van der Waals surface area (Å²) in [6.07, 6.45) is 0. The van der Waals surface area contributed by atoms with E-state index in [2.05, 4.69) is 0 Å².